The minimum Gasteiger partial charge on any atom is -0.593 e. The molecule has 0 saturated carbocycles. The molecule has 5 nitrogen and oxygen atoms in total. The monoisotopic (exact) mass is 422 g/mol. The van der Waals surface area contributed by atoms with Crippen molar-refractivity contribution in [3.05, 3.63) is 47.7 Å². The molecule has 2 N–H and O–H groups in total. The second-order valence-corrected chi connectivity index (χ2v) is 8.09. The van der Waals surface area contributed by atoms with E-state index in [1.165, 1.54) is 6.08 Å². The van der Waals surface area contributed by atoms with Gasteiger partial charge in [0.2, 0.25) is 0 Å². The molecule has 0 aromatic heterocycles. The van der Waals surface area contributed by atoms with Gasteiger partial charge >= 0.3 is 6.18 Å². The molecule has 1 aliphatic heterocycles. The molecule has 0 bridgehead atoms. The van der Waals surface area contributed by atoms with E-state index in [-0.39, 0.29) is 16.6 Å². The third kappa shape index (κ3) is 3.08. The number of carbonyl (C=O) groups excluding carboxylic acids is 1. The van der Waals surface area contributed by atoms with E-state index in [1.54, 1.807) is 49.1 Å². The van der Waals surface area contributed by atoms with Crippen molar-refractivity contribution in [3.63, 3.8) is 0 Å². The lowest BCUT2D eigenvalue weighted by Gasteiger charge is -2.36. The highest BCUT2D eigenvalue weighted by molar-refractivity contribution is 7.80. The molecule has 152 valence electrons. The van der Waals surface area contributed by atoms with E-state index in [2.05, 4.69) is 0 Å². The van der Waals surface area contributed by atoms with Gasteiger partial charge in [-0.3, -0.25) is 9.69 Å². The Morgan fingerprint density at radius 2 is 1.76 bits per heavy atom. The number of hydrogen-bond donors (Lipinski definition) is 0. The maximum absolute atomic E-state index is 13.8. The molecule has 1 atom stereocenters. The third-order valence-corrected chi connectivity index (χ3v) is 5.76. The van der Waals surface area contributed by atoms with Crippen LogP contribution in [0.1, 0.15) is 27.2 Å². The van der Waals surface area contributed by atoms with E-state index in [1.807, 2.05) is 0 Å². The van der Waals surface area contributed by atoms with Crippen LogP contribution in [0.3, 0.4) is 0 Å². The van der Waals surface area contributed by atoms with Crippen LogP contribution < -0.4 is 4.90 Å². The van der Waals surface area contributed by atoms with Crippen LogP contribution in [0.25, 0.3) is 0 Å². The molecule has 29 heavy (non-hydrogen) atoms. The van der Waals surface area contributed by atoms with E-state index >= 15 is 0 Å². The summed E-state index contributed by atoms with van der Waals surface area (Å²) in [5, 5.41) is 16.8. The maximum atomic E-state index is 13.8. The largest absolute Gasteiger partial charge is 0.593 e. The van der Waals surface area contributed by atoms with Gasteiger partial charge in [-0.15, -0.1) is 0 Å². The molecule has 9 heteroatoms. The molecule has 2 aliphatic rings. The fraction of sp³-hybridized carbons (Fsp3) is 0.350. The normalized spacial score (nSPS) is 24.3. The molecule has 0 radical (unpaired) electrons. The van der Waals surface area contributed by atoms with Gasteiger partial charge in [-0.2, -0.15) is 18.4 Å². The molecule has 1 aliphatic carbocycles. The summed E-state index contributed by atoms with van der Waals surface area (Å²) in [6.07, 6.45) is -2.79. The minimum atomic E-state index is -4.67. The van der Waals surface area contributed by atoms with Crippen LogP contribution >= 0.6 is 12.2 Å². The SMILES string of the molecule is CC1(C)C(=O)N(C2=CC=C(C#N)C(C)(C(F)(F)F)C2)C(=S)N1c1ccc([OH2+])cc1. The summed E-state index contributed by atoms with van der Waals surface area (Å²) in [6, 6.07) is 7.98. The van der Waals surface area contributed by atoms with E-state index in [4.69, 9.17) is 22.6 Å². The Morgan fingerprint density at radius 1 is 1.17 bits per heavy atom. The summed E-state index contributed by atoms with van der Waals surface area (Å²) in [6.45, 7) is 4.23. The molecule has 0 spiro atoms. The lowest BCUT2D eigenvalue weighted by atomic mass is 9.74. The molecule has 1 saturated heterocycles. The van der Waals surface area contributed by atoms with Gasteiger partial charge in [-0.1, -0.05) is 0 Å². The summed E-state index contributed by atoms with van der Waals surface area (Å²) in [7, 11) is 0. The molecular formula is C20H19F3N3O2S+. The van der Waals surface area contributed by atoms with E-state index in [9.17, 15) is 18.0 Å². The van der Waals surface area contributed by atoms with Gasteiger partial charge in [0.15, 0.2) is 5.11 Å². The Morgan fingerprint density at radius 3 is 2.28 bits per heavy atom. The molecule has 1 unspecified atom stereocenters. The zero-order valence-corrected chi connectivity index (χ0v) is 16.8. The number of amides is 1. The second kappa shape index (κ2) is 6.59. The topological polar surface area (TPSA) is 70.2 Å². The van der Waals surface area contributed by atoms with Gasteiger partial charge in [0.25, 0.3) is 11.7 Å². The van der Waals surface area contributed by atoms with Crippen molar-refractivity contribution in [1.29, 1.82) is 5.26 Å². The van der Waals surface area contributed by atoms with Crippen molar-refractivity contribution in [3.8, 4) is 11.8 Å². The van der Waals surface area contributed by atoms with Gasteiger partial charge < -0.3 is 10.0 Å². The Hall–Kier alpha value is -2.86. The standard InChI is InChI=1S/C20H18F3N3O2S/c1-18(2)16(28)25(17(29)26(18)13-6-8-15(27)9-7-13)14-5-4-12(11-24)19(3,10-14)20(21,22)23/h4-9,27H,10H2,1-3H3/p+1. The Labute approximate surface area is 171 Å². The van der Waals surface area contributed by atoms with Crippen molar-refractivity contribution in [2.24, 2.45) is 5.41 Å². The van der Waals surface area contributed by atoms with Crippen LogP contribution in [0.15, 0.2) is 47.7 Å². The maximum Gasteiger partial charge on any atom is 0.399 e. The highest BCUT2D eigenvalue weighted by Gasteiger charge is 2.58. The van der Waals surface area contributed by atoms with Crippen molar-refractivity contribution < 1.29 is 23.1 Å². The summed E-state index contributed by atoms with van der Waals surface area (Å²) in [5.41, 5.74) is -3.29. The zero-order chi connectivity index (χ0) is 21.8. The molecule has 1 heterocycles. The van der Waals surface area contributed by atoms with Gasteiger partial charge in [0.1, 0.15) is 11.0 Å². The number of benzene rings is 1. The Balaban J connectivity index is 2.06. The molecule has 1 fully saturated rings. The zero-order valence-electron chi connectivity index (χ0n) is 16.0. The fourth-order valence-corrected chi connectivity index (χ4v) is 4.07. The van der Waals surface area contributed by atoms with Gasteiger partial charge in [0, 0.05) is 35.5 Å². The van der Waals surface area contributed by atoms with Crippen LogP contribution in [0.5, 0.6) is 5.75 Å². The van der Waals surface area contributed by atoms with Crippen LogP contribution in [0.2, 0.25) is 0 Å². The van der Waals surface area contributed by atoms with Gasteiger partial charge in [0.05, 0.1) is 6.07 Å². The van der Waals surface area contributed by atoms with Crippen molar-refractivity contribution in [1.82, 2.24) is 4.90 Å². The highest BCUT2D eigenvalue weighted by Crippen LogP contribution is 2.51. The number of halogens is 3. The quantitative estimate of drug-likeness (QED) is 0.531. The summed E-state index contributed by atoms with van der Waals surface area (Å²) in [4.78, 5) is 15.8. The van der Waals surface area contributed by atoms with Crippen LogP contribution in [0, 0.1) is 16.7 Å². The molecule has 1 aromatic carbocycles. The van der Waals surface area contributed by atoms with Gasteiger partial charge in [-0.05, 0) is 57.3 Å². The average Bonchev–Trinajstić information content (AvgIpc) is 2.80. The van der Waals surface area contributed by atoms with Crippen LogP contribution in [-0.4, -0.2) is 32.7 Å². The molecular weight excluding hydrogens is 403 g/mol. The summed E-state index contributed by atoms with van der Waals surface area (Å²) in [5.74, 6) is -0.174. The molecule has 1 aromatic rings. The summed E-state index contributed by atoms with van der Waals surface area (Å²) >= 11 is 5.49. The summed E-state index contributed by atoms with van der Waals surface area (Å²) < 4.78 is 41.3. The number of alkyl halides is 3. The first-order chi connectivity index (χ1) is 13.3. The van der Waals surface area contributed by atoms with E-state index < -0.39 is 35.0 Å². The lowest BCUT2D eigenvalue weighted by Crippen LogP contribution is -2.44. The molecule has 3 rings (SSSR count). The molecule has 1 amide bonds. The number of hydrogen-bond acceptors (Lipinski definition) is 3. The number of carbonyl (C=O) groups is 1. The number of anilines is 1. The van der Waals surface area contributed by atoms with E-state index in [0.717, 1.165) is 17.9 Å². The average molecular weight is 422 g/mol. The number of rotatable bonds is 2. The second-order valence-electron chi connectivity index (χ2n) is 7.72. The first-order valence-electron chi connectivity index (χ1n) is 8.73. The van der Waals surface area contributed by atoms with Crippen molar-refractivity contribution in [2.45, 2.75) is 38.9 Å². The van der Waals surface area contributed by atoms with Crippen molar-refractivity contribution >= 4 is 28.9 Å². The van der Waals surface area contributed by atoms with E-state index in [0.29, 0.717) is 5.69 Å². The fourth-order valence-electron chi connectivity index (χ4n) is 3.54. The lowest BCUT2D eigenvalue weighted by molar-refractivity contribution is -0.203. The number of thiocarbonyl (C=S) groups is 1. The first-order valence-corrected chi connectivity index (χ1v) is 9.14. The number of nitrogens with zero attached hydrogens (tertiary/aromatic N) is 3. The minimum absolute atomic E-state index is 0.0577. The predicted molar refractivity (Wildman–Crippen MR) is 106 cm³/mol. The highest BCUT2D eigenvalue weighted by atomic mass is 32.1. The smallest absolute Gasteiger partial charge is 0.399 e. The third-order valence-electron chi connectivity index (χ3n) is 5.40. The Bertz CT molecular complexity index is 990. The first kappa shape index (κ1) is 20.9. The number of allylic oxidation sites excluding steroid dienone is 4. The van der Waals surface area contributed by atoms with Crippen molar-refractivity contribution in [2.75, 3.05) is 4.90 Å². The van der Waals surface area contributed by atoms with Crippen LogP contribution in [-0.2, 0) is 4.79 Å². The number of nitriles is 1. The van der Waals surface area contributed by atoms with Crippen LogP contribution in [0.4, 0.5) is 18.9 Å². The Kier molecular flexibility index (Phi) is 4.74. The van der Waals surface area contributed by atoms with Gasteiger partial charge in [-0.25, -0.2) is 0 Å². The predicted octanol–water partition coefficient (Wildman–Crippen LogP) is 4.14.